The fraction of sp³-hybridized carbons (Fsp3) is 0.684. The Bertz CT molecular complexity index is 426. The first-order chi connectivity index (χ1) is 11.1. The highest BCUT2D eigenvalue weighted by molar-refractivity contribution is 5.14. The second-order valence-corrected chi connectivity index (χ2v) is 7.19. The van der Waals surface area contributed by atoms with Gasteiger partial charge < -0.3 is 15.1 Å². The maximum atomic E-state index is 9.31. The Hall–Kier alpha value is -0.940. The molecule has 2 N–H and O–H groups in total. The molecule has 0 amide bonds. The Morgan fingerprint density at radius 3 is 2.13 bits per heavy atom. The predicted octanol–water partition coefficient (Wildman–Crippen LogP) is 1.97. The van der Waals surface area contributed by atoms with Gasteiger partial charge in [0.15, 0.2) is 0 Å². The summed E-state index contributed by atoms with van der Waals surface area (Å²) in [7, 11) is 0. The van der Waals surface area contributed by atoms with Crippen LogP contribution < -0.4 is 0 Å². The molecule has 130 valence electrons. The number of benzene rings is 1. The summed E-state index contributed by atoms with van der Waals surface area (Å²) in [6.45, 7) is 8.85. The molecule has 1 heterocycles. The number of unbranched alkanes of at least 4 members (excludes halogenated alkanes) is 1. The average Bonchev–Trinajstić information content (AvgIpc) is 2.61. The SMILES string of the molecule is CC(CO)(CO)CCCCN1CCN(Cc2ccccc2)CC1. The lowest BCUT2D eigenvalue weighted by molar-refractivity contribution is 0.0589. The standard InChI is InChI=1S/C19H32N2O2/c1-19(16-22,17-23)9-5-6-10-20-11-13-21(14-12-20)15-18-7-3-2-4-8-18/h2-4,7-8,22-23H,5-6,9-17H2,1H3. The topological polar surface area (TPSA) is 46.9 Å². The number of hydrogen-bond acceptors (Lipinski definition) is 4. The van der Waals surface area contributed by atoms with Gasteiger partial charge in [0.25, 0.3) is 0 Å². The summed E-state index contributed by atoms with van der Waals surface area (Å²) >= 11 is 0. The molecule has 1 aromatic carbocycles. The molecule has 1 aliphatic heterocycles. The fourth-order valence-electron chi connectivity index (χ4n) is 3.11. The van der Waals surface area contributed by atoms with Gasteiger partial charge in [0.1, 0.15) is 0 Å². The third-order valence-corrected chi connectivity index (χ3v) is 4.98. The molecule has 4 nitrogen and oxygen atoms in total. The van der Waals surface area contributed by atoms with E-state index in [1.165, 1.54) is 5.56 Å². The van der Waals surface area contributed by atoms with Gasteiger partial charge in [-0.3, -0.25) is 4.90 Å². The Labute approximate surface area is 140 Å². The first kappa shape index (κ1) is 18.4. The van der Waals surface area contributed by atoms with E-state index in [4.69, 9.17) is 0 Å². The van der Waals surface area contributed by atoms with E-state index in [2.05, 4.69) is 40.1 Å². The molecule has 0 radical (unpaired) electrons. The van der Waals surface area contributed by atoms with Gasteiger partial charge >= 0.3 is 0 Å². The van der Waals surface area contributed by atoms with E-state index in [-0.39, 0.29) is 18.6 Å². The lowest BCUT2D eigenvalue weighted by Gasteiger charge is -2.35. The fourth-order valence-corrected chi connectivity index (χ4v) is 3.11. The number of piperazine rings is 1. The van der Waals surface area contributed by atoms with Crippen LogP contribution in [0.4, 0.5) is 0 Å². The van der Waals surface area contributed by atoms with Gasteiger partial charge in [-0.05, 0) is 24.9 Å². The zero-order chi connectivity index (χ0) is 16.5. The number of aliphatic hydroxyl groups is 2. The quantitative estimate of drug-likeness (QED) is 0.683. The lowest BCUT2D eigenvalue weighted by Crippen LogP contribution is -2.46. The number of nitrogens with zero attached hydrogens (tertiary/aromatic N) is 2. The highest BCUT2D eigenvalue weighted by Crippen LogP contribution is 2.22. The van der Waals surface area contributed by atoms with Gasteiger partial charge in [0, 0.05) is 38.1 Å². The zero-order valence-electron chi connectivity index (χ0n) is 14.5. The van der Waals surface area contributed by atoms with Crippen LogP contribution in [0.2, 0.25) is 0 Å². The molecule has 4 heteroatoms. The normalized spacial score (nSPS) is 17.5. The van der Waals surface area contributed by atoms with Gasteiger partial charge in [-0.15, -0.1) is 0 Å². The van der Waals surface area contributed by atoms with E-state index < -0.39 is 0 Å². The number of rotatable bonds is 9. The summed E-state index contributed by atoms with van der Waals surface area (Å²) in [5, 5.41) is 18.6. The maximum absolute atomic E-state index is 9.31. The van der Waals surface area contributed by atoms with Crippen molar-refractivity contribution >= 4 is 0 Å². The van der Waals surface area contributed by atoms with Gasteiger partial charge in [-0.1, -0.05) is 43.7 Å². The molecule has 1 fully saturated rings. The third-order valence-electron chi connectivity index (χ3n) is 4.98. The Morgan fingerprint density at radius 1 is 0.913 bits per heavy atom. The molecule has 23 heavy (non-hydrogen) atoms. The third kappa shape index (κ3) is 6.22. The monoisotopic (exact) mass is 320 g/mol. The van der Waals surface area contributed by atoms with E-state index in [0.717, 1.165) is 58.5 Å². The summed E-state index contributed by atoms with van der Waals surface area (Å²) < 4.78 is 0. The van der Waals surface area contributed by atoms with Crippen LogP contribution in [0.5, 0.6) is 0 Å². The Morgan fingerprint density at radius 2 is 1.52 bits per heavy atom. The lowest BCUT2D eigenvalue weighted by atomic mass is 9.87. The second kappa shape index (κ2) is 9.38. The van der Waals surface area contributed by atoms with Crippen molar-refractivity contribution in [3.05, 3.63) is 35.9 Å². The van der Waals surface area contributed by atoms with Crippen LogP contribution in [0.15, 0.2) is 30.3 Å². The van der Waals surface area contributed by atoms with E-state index in [9.17, 15) is 10.2 Å². The molecule has 0 aliphatic carbocycles. The summed E-state index contributed by atoms with van der Waals surface area (Å²) in [6.07, 6.45) is 3.12. The Kier molecular flexibility index (Phi) is 7.50. The van der Waals surface area contributed by atoms with Crippen molar-refractivity contribution in [2.24, 2.45) is 5.41 Å². The Balaban J connectivity index is 1.60. The average molecular weight is 320 g/mol. The minimum atomic E-state index is -0.311. The van der Waals surface area contributed by atoms with Crippen molar-refractivity contribution in [2.75, 3.05) is 45.9 Å². The van der Waals surface area contributed by atoms with Crippen molar-refractivity contribution in [1.29, 1.82) is 0 Å². The zero-order valence-corrected chi connectivity index (χ0v) is 14.5. The van der Waals surface area contributed by atoms with Crippen LogP contribution in [0.1, 0.15) is 31.7 Å². The van der Waals surface area contributed by atoms with Gasteiger partial charge in [0.2, 0.25) is 0 Å². The van der Waals surface area contributed by atoms with E-state index in [0.29, 0.717) is 0 Å². The largest absolute Gasteiger partial charge is 0.396 e. The molecular formula is C19H32N2O2. The minimum Gasteiger partial charge on any atom is -0.396 e. The summed E-state index contributed by atoms with van der Waals surface area (Å²) in [4.78, 5) is 5.07. The minimum absolute atomic E-state index is 0.0711. The van der Waals surface area contributed by atoms with Crippen molar-refractivity contribution in [1.82, 2.24) is 9.80 Å². The molecule has 0 unspecified atom stereocenters. The smallest absolute Gasteiger partial charge is 0.0506 e. The summed E-state index contributed by atoms with van der Waals surface area (Å²) in [6, 6.07) is 10.7. The molecule has 1 aromatic rings. The van der Waals surface area contributed by atoms with Crippen molar-refractivity contribution < 1.29 is 10.2 Å². The van der Waals surface area contributed by atoms with Crippen LogP contribution >= 0.6 is 0 Å². The van der Waals surface area contributed by atoms with Crippen LogP contribution in [0.25, 0.3) is 0 Å². The van der Waals surface area contributed by atoms with Gasteiger partial charge in [0.05, 0.1) is 13.2 Å². The van der Waals surface area contributed by atoms with Crippen LogP contribution in [-0.2, 0) is 6.54 Å². The summed E-state index contributed by atoms with van der Waals surface area (Å²) in [5.74, 6) is 0. The molecule has 1 saturated heterocycles. The van der Waals surface area contributed by atoms with Gasteiger partial charge in [-0.25, -0.2) is 0 Å². The first-order valence-corrected chi connectivity index (χ1v) is 8.85. The first-order valence-electron chi connectivity index (χ1n) is 8.85. The van der Waals surface area contributed by atoms with Crippen LogP contribution in [0, 0.1) is 5.41 Å². The molecule has 0 spiro atoms. The second-order valence-electron chi connectivity index (χ2n) is 7.19. The van der Waals surface area contributed by atoms with Crippen molar-refractivity contribution in [2.45, 2.75) is 32.7 Å². The van der Waals surface area contributed by atoms with E-state index in [1.807, 2.05) is 6.92 Å². The molecule has 0 saturated carbocycles. The van der Waals surface area contributed by atoms with Crippen LogP contribution in [0.3, 0.4) is 0 Å². The van der Waals surface area contributed by atoms with Gasteiger partial charge in [-0.2, -0.15) is 0 Å². The molecule has 0 bridgehead atoms. The molecule has 0 atom stereocenters. The summed E-state index contributed by atoms with van der Waals surface area (Å²) in [5.41, 5.74) is 1.09. The number of aliphatic hydroxyl groups excluding tert-OH is 2. The van der Waals surface area contributed by atoms with E-state index in [1.54, 1.807) is 0 Å². The highest BCUT2D eigenvalue weighted by Gasteiger charge is 2.22. The van der Waals surface area contributed by atoms with Crippen molar-refractivity contribution in [3.8, 4) is 0 Å². The predicted molar refractivity (Wildman–Crippen MR) is 94.3 cm³/mol. The highest BCUT2D eigenvalue weighted by atomic mass is 16.3. The van der Waals surface area contributed by atoms with Crippen molar-refractivity contribution in [3.63, 3.8) is 0 Å². The molecule has 2 rings (SSSR count). The molecular weight excluding hydrogens is 288 g/mol. The van der Waals surface area contributed by atoms with Crippen LogP contribution in [-0.4, -0.2) is 66.0 Å². The van der Waals surface area contributed by atoms with E-state index >= 15 is 0 Å². The maximum Gasteiger partial charge on any atom is 0.0506 e. The number of hydrogen-bond donors (Lipinski definition) is 2. The molecule has 1 aliphatic rings. The molecule has 0 aromatic heterocycles.